The predicted octanol–water partition coefficient (Wildman–Crippen LogP) is 3.87. The van der Waals surface area contributed by atoms with Crippen molar-refractivity contribution in [2.45, 2.75) is 19.8 Å². The maximum atomic E-state index is 12.1. The predicted molar refractivity (Wildman–Crippen MR) is 86.3 cm³/mol. The van der Waals surface area contributed by atoms with Gasteiger partial charge >= 0.3 is 5.97 Å². The highest BCUT2D eigenvalue weighted by atomic mass is 35.5. The Bertz CT molecular complexity index is 662. The third kappa shape index (κ3) is 4.43. The molecule has 0 amide bonds. The summed E-state index contributed by atoms with van der Waals surface area (Å²) in [4.78, 5) is 23.7. The van der Waals surface area contributed by atoms with Crippen LogP contribution < -0.4 is 0 Å². The van der Waals surface area contributed by atoms with E-state index in [-0.39, 0.29) is 11.8 Å². The normalized spacial score (nSPS) is 10.3. The van der Waals surface area contributed by atoms with E-state index in [0.29, 0.717) is 30.0 Å². The van der Waals surface area contributed by atoms with Crippen LogP contribution >= 0.6 is 11.6 Å². The second kappa shape index (κ2) is 7.76. The van der Waals surface area contributed by atoms with Gasteiger partial charge in [-0.05, 0) is 36.2 Å². The molecule has 0 heterocycles. The molecule has 0 atom stereocenters. The van der Waals surface area contributed by atoms with Gasteiger partial charge in [-0.1, -0.05) is 41.9 Å². The summed E-state index contributed by atoms with van der Waals surface area (Å²) in [6.45, 7) is 2.11. The molecule has 0 unspecified atom stereocenters. The lowest BCUT2D eigenvalue weighted by molar-refractivity contribution is -0.117. The van der Waals surface area contributed by atoms with Crippen LogP contribution in [-0.4, -0.2) is 18.4 Å². The monoisotopic (exact) mass is 316 g/mol. The van der Waals surface area contributed by atoms with E-state index in [1.54, 1.807) is 37.3 Å². The molecule has 0 aliphatic heterocycles. The van der Waals surface area contributed by atoms with E-state index in [2.05, 4.69) is 0 Å². The van der Waals surface area contributed by atoms with Crippen LogP contribution in [-0.2, 0) is 22.4 Å². The van der Waals surface area contributed by atoms with Crippen LogP contribution in [0.5, 0.6) is 0 Å². The molecule has 0 aromatic heterocycles. The first kappa shape index (κ1) is 16.2. The van der Waals surface area contributed by atoms with Crippen LogP contribution in [0.4, 0.5) is 0 Å². The lowest BCUT2D eigenvalue weighted by Gasteiger charge is -2.05. The molecular weight excluding hydrogens is 300 g/mol. The van der Waals surface area contributed by atoms with Gasteiger partial charge in [-0.25, -0.2) is 4.79 Å². The van der Waals surface area contributed by atoms with Crippen LogP contribution in [0.25, 0.3) is 0 Å². The summed E-state index contributed by atoms with van der Waals surface area (Å²) in [5.74, 6) is -0.270. The molecule has 2 aromatic rings. The molecule has 2 rings (SSSR count). The van der Waals surface area contributed by atoms with Crippen molar-refractivity contribution >= 4 is 23.4 Å². The first-order valence-corrected chi connectivity index (χ1v) is 7.49. The van der Waals surface area contributed by atoms with Crippen molar-refractivity contribution in [1.82, 2.24) is 0 Å². The second-order valence-corrected chi connectivity index (χ2v) is 5.31. The summed E-state index contributed by atoms with van der Waals surface area (Å²) in [6.07, 6.45) is 0.619. The SMILES string of the molecule is CCOC(=O)c1ccc(CC(=O)Cc2ccccc2Cl)cc1. The summed E-state index contributed by atoms with van der Waals surface area (Å²) in [6, 6.07) is 14.2. The Morgan fingerprint density at radius 3 is 2.32 bits per heavy atom. The zero-order valence-electron chi connectivity index (χ0n) is 12.3. The van der Waals surface area contributed by atoms with Crippen LogP contribution in [0, 0.1) is 0 Å². The van der Waals surface area contributed by atoms with E-state index in [9.17, 15) is 9.59 Å². The molecule has 4 heteroatoms. The molecule has 0 bridgehead atoms. The maximum Gasteiger partial charge on any atom is 0.338 e. The van der Waals surface area contributed by atoms with Crippen molar-refractivity contribution in [1.29, 1.82) is 0 Å². The number of esters is 1. The Balaban J connectivity index is 1.97. The summed E-state index contributed by atoms with van der Waals surface area (Å²) < 4.78 is 4.92. The van der Waals surface area contributed by atoms with E-state index in [1.807, 2.05) is 18.2 Å². The smallest absolute Gasteiger partial charge is 0.338 e. The first-order chi connectivity index (χ1) is 10.6. The van der Waals surface area contributed by atoms with Crippen LogP contribution in [0.1, 0.15) is 28.4 Å². The van der Waals surface area contributed by atoms with Crippen molar-refractivity contribution in [3.8, 4) is 0 Å². The third-order valence-electron chi connectivity index (χ3n) is 3.21. The fourth-order valence-electron chi connectivity index (χ4n) is 2.12. The van der Waals surface area contributed by atoms with Crippen molar-refractivity contribution in [3.05, 3.63) is 70.2 Å². The number of rotatable bonds is 6. The van der Waals surface area contributed by atoms with E-state index < -0.39 is 0 Å². The fourth-order valence-corrected chi connectivity index (χ4v) is 2.32. The molecule has 114 valence electrons. The van der Waals surface area contributed by atoms with Gasteiger partial charge in [0.1, 0.15) is 5.78 Å². The highest BCUT2D eigenvalue weighted by Crippen LogP contribution is 2.16. The summed E-state index contributed by atoms with van der Waals surface area (Å²) in [7, 11) is 0. The molecule has 0 saturated heterocycles. The quantitative estimate of drug-likeness (QED) is 0.760. The Morgan fingerprint density at radius 1 is 1.00 bits per heavy atom. The average Bonchev–Trinajstić information content (AvgIpc) is 2.50. The van der Waals surface area contributed by atoms with Gasteiger partial charge in [0.15, 0.2) is 0 Å². The minimum atomic E-state index is -0.351. The molecule has 0 radical (unpaired) electrons. The van der Waals surface area contributed by atoms with Gasteiger partial charge < -0.3 is 4.74 Å². The van der Waals surface area contributed by atoms with Crippen molar-refractivity contribution in [2.75, 3.05) is 6.61 Å². The van der Waals surface area contributed by atoms with Gasteiger partial charge in [0.2, 0.25) is 0 Å². The van der Waals surface area contributed by atoms with Gasteiger partial charge in [0.25, 0.3) is 0 Å². The number of carbonyl (C=O) groups is 2. The van der Waals surface area contributed by atoms with Gasteiger partial charge in [0, 0.05) is 17.9 Å². The molecular formula is C18H17ClO3. The van der Waals surface area contributed by atoms with Crippen molar-refractivity contribution in [3.63, 3.8) is 0 Å². The molecule has 22 heavy (non-hydrogen) atoms. The standard InChI is InChI=1S/C18H17ClO3/c1-2-22-18(21)14-9-7-13(8-10-14)11-16(20)12-15-5-3-4-6-17(15)19/h3-10H,2,11-12H2,1H3. The van der Waals surface area contributed by atoms with E-state index in [0.717, 1.165) is 11.1 Å². The molecule has 0 spiro atoms. The number of carbonyl (C=O) groups excluding carboxylic acids is 2. The Kier molecular flexibility index (Phi) is 5.73. The van der Waals surface area contributed by atoms with E-state index in [1.165, 1.54) is 0 Å². The number of ether oxygens (including phenoxy) is 1. The van der Waals surface area contributed by atoms with Crippen molar-refractivity contribution < 1.29 is 14.3 Å². The molecule has 0 aliphatic rings. The molecule has 0 aliphatic carbocycles. The number of benzene rings is 2. The lowest BCUT2D eigenvalue weighted by atomic mass is 10.0. The summed E-state index contributed by atoms with van der Waals surface area (Å²) >= 11 is 6.05. The van der Waals surface area contributed by atoms with Crippen LogP contribution in [0.15, 0.2) is 48.5 Å². The lowest BCUT2D eigenvalue weighted by Crippen LogP contribution is -2.08. The number of hydrogen-bond acceptors (Lipinski definition) is 3. The number of halogens is 1. The van der Waals surface area contributed by atoms with Gasteiger partial charge in [-0.15, -0.1) is 0 Å². The summed E-state index contributed by atoms with van der Waals surface area (Å²) in [5.41, 5.74) is 2.19. The Morgan fingerprint density at radius 2 is 1.68 bits per heavy atom. The third-order valence-corrected chi connectivity index (χ3v) is 3.58. The Hall–Kier alpha value is -2.13. The van der Waals surface area contributed by atoms with E-state index >= 15 is 0 Å². The minimum absolute atomic E-state index is 0.0805. The highest BCUT2D eigenvalue weighted by Gasteiger charge is 2.10. The zero-order chi connectivity index (χ0) is 15.9. The highest BCUT2D eigenvalue weighted by molar-refractivity contribution is 6.31. The van der Waals surface area contributed by atoms with Crippen molar-refractivity contribution in [2.24, 2.45) is 0 Å². The van der Waals surface area contributed by atoms with Gasteiger partial charge in [-0.3, -0.25) is 4.79 Å². The minimum Gasteiger partial charge on any atom is -0.462 e. The van der Waals surface area contributed by atoms with Gasteiger partial charge in [0.05, 0.1) is 12.2 Å². The van der Waals surface area contributed by atoms with Gasteiger partial charge in [-0.2, -0.15) is 0 Å². The van der Waals surface area contributed by atoms with E-state index in [4.69, 9.17) is 16.3 Å². The molecule has 2 aromatic carbocycles. The number of hydrogen-bond donors (Lipinski definition) is 0. The second-order valence-electron chi connectivity index (χ2n) is 4.90. The fraction of sp³-hybridized carbons (Fsp3) is 0.222. The molecule has 0 saturated carbocycles. The average molecular weight is 317 g/mol. The molecule has 3 nitrogen and oxygen atoms in total. The number of Topliss-reactive ketones (excluding diaryl/α,β-unsaturated/α-hetero) is 1. The Labute approximate surface area is 134 Å². The molecule has 0 N–H and O–H groups in total. The maximum absolute atomic E-state index is 12.1. The molecule has 0 fully saturated rings. The van der Waals surface area contributed by atoms with Crippen LogP contribution in [0.3, 0.4) is 0 Å². The zero-order valence-corrected chi connectivity index (χ0v) is 13.1. The summed E-state index contributed by atoms with van der Waals surface area (Å²) in [5, 5.41) is 0.605. The number of ketones is 1. The first-order valence-electron chi connectivity index (χ1n) is 7.11. The topological polar surface area (TPSA) is 43.4 Å². The van der Waals surface area contributed by atoms with Crippen LogP contribution in [0.2, 0.25) is 5.02 Å². The largest absolute Gasteiger partial charge is 0.462 e.